The highest BCUT2D eigenvalue weighted by atomic mass is 16.5. The molecule has 0 aliphatic carbocycles. The molecule has 1 rings (SSSR count). The van der Waals surface area contributed by atoms with E-state index in [1.807, 2.05) is 18.0 Å². The van der Waals surface area contributed by atoms with Crippen molar-refractivity contribution in [2.24, 2.45) is 0 Å². The van der Waals surface area contributed by atoms with Gasteiger partial charge < -0.3 is 19.8 Å². The number of hydrogen-bond acceptors (Lipinski definition) is 5. The van der Waals surface area contributed by atoms with Gasteiger partial charge in [-0.25, -0.2) is 4.98 Å². The molecule has 0 saturated carbocycles. The molecular weight excluding hydrogens is 220 g/mol. The molecule has 5 nitrogen and oxygen atoms in total. The van der Waals surface area contributed by atoms with Gasteiger partial charge in [0, 0.05) is 32.5 Å². The molecule has 1 aromatic heterocycles. The highest BCUT2D eigenvalue weighted by Gasteiger charge is 2.15. The smallest absolute Gasteiger partial charge is 0.134 e. The number of nitrogens with zero attached hydrogens (tertiary/aromatic N) is 2. The fourth-order valence-corrected chi connectivity index (χ4v) is 1.70. The molecule has 0 amide bonds. The van der Waals surface area contributed by atoms with Crippen LogP contribution in [0.25, 0.3) is 0 Å². The van der Waals surface area contributed by atoms with E-state index < -0.39 is 12.2 Å². The number of pyridine rings is 1. The maximum absolute atomic E-state index is 9.65. The molecule has 2 atom stereocenters. The minimum atomic E-state index is -0.583. The molecular formula is C12H20N2O3. The first-order chi connectivity index (χ1) is 8.06. The van der Waals surface area contributed by atoms with Gasteiger partial charge in [0.15, 0.2) is 0 Å². The first-order valence-corrected chi connectivity index (χ1v) is 5.57. The molecule has 5 heteroatoms. The van der Waals surface area contributed by atoms with Gasteiger partial charge in [-0.3, -0.25) is 0 Å². The predicted molar refractivity (Wildman–Crippen MR) is 66.0 cm³/mol. The van der Waals surface area contributed by atoms with Crippen LogP contribution in [0, 0.1) is 0 Å². The predicted octanol–water partition coefficient (Wildman–Crippen LogP) is 0.578. The van der Waals surface area contributed by atoms with Gasteiger partial charge in [0.05, 0.1) is 18.8 Å². The van der Waals surface area contributed by atoms with Crippen molar-refractivity contribution in [3.05, 3.63) is 23.9 Å². The first-order valence-electron chi connectivity index (χ1n) is 5.57. The van der Waals surface area contributed by atoms with E-state index in [9.17, 15) is 10.2 Å². The Morgan fingerprint density at radius 2 is 2.18 bits per heavy atom. The summed E-state index contributed by atoms with van der Waals surface area (Å²) in [5.74, 6) is 0.678. The summed E-state index contributed by atoms with van der Waals surface area (Å²) in [6, 6.07) is 3.61. The van der Waals surface area contributed by atoms with Crippen molar-refractivity contribution in [1.29, 1.82) is 0 Å². The summed E-state index contributed by atoms with van der Waals surface area (Å²) in [5, 5.41) is 19.3. The lowest BCUT2D eigenvalue weighted by Crippen LogP contribution is -2.33. The van der Waals surface area contributed by atoms with Crippen LogP contribution in [-0.4, -0.2) is 48.6 Å². The van der Waals surface area contributed by atoms with Gasteiger partial charge in [-0.05, 0) is 13.0 Å². The Hall–Kier alpha value is -1.17. The summed E-state index contributed by atoms with van der Waals surface area (Å²) in [5.41, 5.74) is 0.750. The van der Waals surface area contributed by atoms with Crippen LogP contribution in [0.2, 0.25) is 0 Å². The van der Waals surface area contributed by atoms with Gasteiger partial charge >= 0.3 is 0 Å². The summed E-state index contributed by atoms with van der Waals surface area (Å²) < 4.78 is 4.87. The summed E-state index contributed by atoms with van der Waals surface area (Å²) in [7, 11) is 3.37. The van der Waals surface area contributed by atoms with Gasteiger partial charge in [-0.15, -0.1) is 0 Å². The van der Waals surface area contributed by atoms with Crippen LogP contribution >= 0.6 is 0 Å². The van der Waals surface area contributed by atoms with E-state index in [2.05, 4.69) is 4.98 Å². The van der Waals surface area contributed by atoms with Crippen molar-refractivity contribution < 1.29 is 14.9 Å². The maximum atomic E-state index is 9.65. The van der Waals surface area contributed by atoms with Gasteiger partial charge in [0.2, 0.25) is 0 Å². The second kappa shape index (κ2) is 6.54. The van der Waals surface area contributed by atoms with Crippen LogP contribution in [0.4, 0.5) is 5.82 Å². The number of methoxy groups -OCH3 is 1. The number of anilines is 1. The molecule has 0 saturated heterocycles. The number of ether oxygens (including phenoxy) is 1. The number of aromatic nitrogens is 1. The van der Waals surface area contributed by atoms with E-state index in [1.165, 1.54) is 0 Å². The van der Waals surface area contributed by atoms with E-state index >= 15 is 0 Å². The quantitative estimate of drug-likeness (QED) is 0.761. The number of rotatable bonds is 6. The summed E-state index contributed by atoms with van der Waals surface area (Å²) >= 11 is 0. The number of aliphatic hydroxyl groups is 2. The van der Waals surface area contributed by atoms with Crippen molar-refractivity contribution in [1.82, 2.24) is 4.98 Å². The van der Waals surface area contributed by atoms with E-state index in [-0.39, 0.29) is 6.61 Å². The molecule has 0 bridgehead atoms. The fourth-order valence-electron chi connectivity index (χ4n) is 1.70. The molecule has 0 aliphatic heterocycles. The van der Waals surface area contributed by atoms with Crippen LogP contribution in [0.3, 0.4) is 0 Å². The van der Waals surface area contributed by atoms with Crippen molar-refractivity contribution in [3.63, 3.8) is 0 Å². The lowest BCUT2D eigenvalue weighted by molar-refractivity contribution is 0.0693. The minimum absolute atomic E-state index is 0.279. The Kier molecular flexibility index (Phi) is 5.34. The third-order valence-corrected chi connectivity index (χ3v) is 2.47. The topological polar surface area (TPSA) is 65.8 Å². The van der Waals surface area contributed by atoms with Crippen LogP contribution in [0.15, 0.2) is 18.3 Å². The highest BCUT2D eigenvalue weighted by molar-refractivity contribution is 5.47. The normalized spacial score (nSPS) is 14.4. The zero-order valence-electron chi connectivity index (χ0n) is 10.5. The van der Waals surface area contributed by atoms with Crippen LogP contribution < -0.4 is 4.90 Å². The zero-order valence-corrected chi connectivity index (χ0v) is 10.5. The third-order valence-electron chi connectivity index (χ3n) is 2.47. The molecule has 0 fully saturated rings. The van der Waals surface area contributed by atoms with Crippen molar-refractivity contribution in [2.75, 3.05) is 32.2 Å². The maximum Gasteiger partial charge on any atom is 0.134 e. The Morgan fingerprint density at radius 1 is 1.47 bits per heavy atom. The number of hydrogen-bond donors (Lipinski definition) is 2. The molecule has 0 radical (unpaired) electrons. The monoisotopic (exact) mass is 240 g/mol. The number of aliphatic hydroxyl groups excluding tert-OH is 2. The summed E-state index contributed by atoms with van der Waals surface area (Å²) in [4.78, 5) is 6.04. The molecule has 96 valence electrons. The van der Waals surface area contributed by atoms with Gasteiger partial charge in [-0.2, -0.15) is 0 Å². The van der Waals surface area contributed by atoms with Crippen molar-refractivity contribution in [3.8, 4) is 0 Å². The lowest BCUT2D eigenvalue weighted by Gasteiger charge is -2.24. The molecule has 0 aliphatic rings. The Morgan fingerprint density at radius 3 is 2.76 bits per heavy atom. The molecule has 1 heterocycles. The van der Waals surface area contributed by atoms with Gasteiger partial charge in [0.1, 0.15) is 5.82 Å². The average molecular weight is 240 g/mol. The van der Waals surface area contributed by atoms with Crippen molar-refractivity contribution in [2.45, 2.75) is 19.1 Å². The molecule has 0 aromatic carbocycles. The summed E-state index contributed by atoms with van der Waals surface area (Å²) in [6.07, 6.45) is 0.509. The van der Waals surface area contributed by atoms with Crippen molar-refractivity contribution >= 4 is 5.82 Å². The average Bonchev–Trinajstić information content (AvgIpc) is 2.29. The van der Waals surface area contributed by atoms with Crippen LogP contribution in [0.5, 0.6) is 0 Å². The second-order valence-electron chi connectivity index (χ2n) is 4.08. The van der Waals surface area contributed by atoms with Crippen LogP contribution in [0.1, 0.15) is 18.6 Å². The van der Waals surface area contributed by atoms with Gasteiger partial charge in [-0.1, -0.05) is 6.07 Å². The van der Waals surface area contributed by atoms with E-state index in [0.717, 1.165) is 5.56 Å². The first kappa shape index (κ1) is 13.9. The molecule has 1 unspecified atom stereocenters. The van der Waals surface area contributed by atoms with Gasteiger partial charge in [0.25, 0.3) is 0 Å². The fraction of sp³-hybridized carbons (Fsp3) is 0.583. The second-order valence-corrected chi connectivity index (χ2v) is 4.08. The molecule has 0 spiro atoms. The third kappa shape index (κ3) is 3.96. The largest absolute Gasteiger partial charge is 0.389 e. The Labute approximate surface area is 102 Å². The van der Waals surface area contributed by atoms with E-state index in [1.54, 1.807) is 26.3 Å². The van der Waals surface area contributed by atoms with E-state index in [0.29, 0.717) is 12.4 Å². The Balaban J connectivity index is 2.77. The van der Waals surface area contributed by atoms with Crippen LogP contribution in [-0.2, 0) is 4.74 Å². The summed E-state index contributed by atoms with van der Waals surface area (Å²) in [6.45, 7) is 2.38. The minimum Gasteiger partial charge on any atom is -0.389 e. The zero-order chi connectivity index (χ0) is 12.8. The highest BCUT2D eigenvalue weighted by Crippen LogP contribution is 2.22. The Bertz CT molecular complexity index is 344. The standard InChI is InChI=1S/C12H20N2O3/c1-9(15)11-5-4-6-13-12(11)14(2)7-10(16)8-17-3/h4-6,9-10,15-16H,7-8H2,1-3H3/t9-,10?/m1/s1. The van der Waals surface area contributed by atoms with E-state index in [4.69, 9.17) is 4.74 Å². The SMILES string of the molecule is COCC(O)CN(C)c1ncccc1[C@@H](C)O. The number of likely N-dealkylation sites (N-methyl/N-ethyl adjacent to an activating group) is 1. The molecule has 1 aromatic rings. The lowest BCUT2D eigenvalue weighted by atomic mass is 10.1. The molecule has 17 heavy (non-hydrogen) atoms. The molecule has 2 N–H and O–H groups in total.